The Morgan fingerprint density at radius 1 is 0.963 bits per heavy atom. The molecule has 1 aliphatic heterocycles. The molecule has 0 radical (unpaired) electrons. The number of hydrogen-bond acceptors (Lipinski definition) is 5. The van der Waals surface area contributed by atoms with Gasteiger partial charge in [0.15, 0.2) is 5.82 Å². The molecule has 27 heavy (non-hydrogen) atoms. The summed E-state index contributed by atoms with van der Waals surface area (Å²) in [7, 11) is 0. The van der Waals surface area contributed by atoms with Crippen molar-refractivity contribution < 1.29 is 14.4 Å². The molecule has 1 N–H and O–H groups in total. The normalized spacial score (nSPS) is 13.0. The summed E-state index contributed by atoms with van der Waals surface area (Å²) in [6.07, 6.45) is 4.92. The van der Waals surface area contributed by atoms with E-state index < -0.39 is 0 Å². The van der Waals surface area contributed by atoms with Crippen LogP contribution in [0, 0.1) is 0 Å². The van der Waals surface area contributed by atoms with Gasteiger partial charge in [0.1, 0.15) is 0 Å². The van der Waals surface area contributed by atoms with Gasteiger partial charge in [0, 0.05) is 31.6 Å². The molecule has 3 aromatic rings. The number of aromatic nitrogens is 3. The Balaban J connectivity index is 1.43. The minimum Gasteiger partial charge on any atom is -0.323 e. The van der Waals surface area contributed by atoms with Crippen LogP contribution in [0.3, 0.4) is 0 Å². The second-order valence-corrected chi connectivity index (χ2v) is 5.93. The number of imide groups is 1. The smallest absolute Gasteiger partial charge is 0.261 e. The molecule has 0 fully saturated rings. The predicted molar refractivity (Wildman–Crippen MR) is 96.4 cm³/mol. The van der Waals surface area contributed by atoms with E-state index in [1.54, 1.807) is 65.7 Å². The molecule has 0 bridgehead atoms. The highest BCUT2D eigenvalue weighted by Crippen LogP contribution is 2.23. The van der Waals surface area contributed by atoms with Crippen LogP contribution >= 0.6 is 0 Å². The van der Waals surface area contributed by atoms with Crippen LogP contribution in [0.2, 0.25) is 0 Å². The fraction of sp³-hybridized carbons (Fsp3) is 0.105. The van der Waals surface area contributed by atoms with Crippen molar-refractivity contribution >= 4 is 23.4 Å². The number of fused-ring (bicyclic) bond motifs is 1. The Labute approximate surface area is 154 Å². The number of pyridine rings is 1. The van der Waals surface area contributed by atoms with Crippen molar-refractivity contribution in [3.8, 4) is 5.82 Å². The lowest BCUT2D eigenvalue weighted by Crippen LogP contribution is -2.33. The van der Waals surface area contributed by atoms with E-state index in [4.69, 9.17) is 0 Å². The highest BCUT2D eigenvalue weighted by Gasteiger charge is 2.34. The largest absolute Gasteiger partial charge is 0.323 e. The molecule has 8 nitrogen and oxygen atoms in total. The van der Waals surface area contributed by atoms with Gasteiger partial charge in [0.2, 0.25) is 5.91 Å². The maximum atomic E-state index is 12.4. The Kier molecular flexibility index (Phi) is 4.21. The molecule has 1 aromatic carbocycles. The first-order valence-electron chi connectivity index (χ1n) is 8.35. The van der Waals surface area contributed by atoms with Gasteiger partial charge in [-0.1, -0.05) is 12.1 Å². The molecule has 2 aromatic heterocycles. The van der Waals surface area contributed by atoms with Gasteiger partial charge < -0.3 is 5.32 Å². The van der Waals surface area contributed by atoms with Crippen molar-refractivity contribution in [2.45, 2.75) is 6.42 Å². The predicted octanol–water partition coefficient (Wildman–Crippen LogP) is 1.89. The average molecular weight is 361 g/mol. The van der Waals surface area contributed by atoms with Crippen LogP contribution in [-0.2, 0) is 4.79 Å². The van der Waals surface area contributed by atoms with E-state index in [1.807, 2.05) is 0 Å². The lowest BCUT2D eigenvalue weighted by atomic mass is 10.1. The highest BCUT2D eigenvalue weighted by molar-refractivity contribution is 6.21. The van der Waals surface area contributed by atoms with Crippen molar-refractivity contribution in [2.24, 2.45) is 0 Å². The third-order valence-corrected chi connectivity index (χ3v) is 4.22. The number of rotatable bonds is 5. The van der Waals surface area contributed by atoms with E-state index in [0.29, 0.717) is 22.6 Å². The van der Waals surface area contributed by atoms with Crippen molar-refractivity contribution in [3.05, 3.63) is 72.2 Å². The zero-order chi connectivity index (χ0) is 18.8. The zero-order valence-corrected chi connectivity index (χ0v) is 14.2. The zero-order valence-electron chi connectivity index (χ0n) is 14.2. The molecule has 0 saturated carbocycles. The summed E-state index contributed by atoms with van der Waals surface area (Å²) in [6.45, 7) is 0.00947. The minimum absolute atomic E-state index is 0.00947. The van der Waals surface area contributed by atoms with Gasteiger partial charge in [-0.25, -0.2) is 9.67 Å². The lowest BCUT2D eigenvalue weighted by molar-refractivity contribution is -0.116. The number of nitrogens with zero attached hydrogens (tertiary/aromatic N) is 4. The second kappa shape index (κ2) is 6.83. The van der Waals surface area contributed by atoms with Crippen LogP contribution in [0.1, 0.15) is 27.1 Å². The molecule has 0 spiro atoms. The lowest BCUT2D eigenvalue weighted by Gasteiger charge is -2.14. The summed E-state index contributed by atoms with van der Waals surface area (Å²) in [5, 5.41) is 6.87. The van der Waals surface area contributed by atoms with Crippen LogP contribution in [0.15, 0.2) is 61.1 Å². The van der Waals surface area contributed by atoms with Crippen molar-refractivity contribution in [3.63, 3.8) is 0 Å². The molecule has 0 unspecified atom stereocenters. The summed E-state index contributed by atoms with van der Waals surface area (Å²) in [6, 6.07) is 11.8. The van der Waals surface area contributed by atoms with Crippen LogP contribution in [0.4, 0.5) is 5.69 Å². The van der Waals surface area contributed by atoms with Gasteiger partial charge in [-0.3, -0.25) is 19.3 Å². The molecule has 4 rings (SSSR count). The van der Waals surface area contributed by atoms with Crippen LogP contribution < -0.4 is 5.32 Å². The summed E-state index contributed by atoms with van der Waals surface area (Å²) in [5.74, 6) is -0.589. The first-order chi connectivity index (χ1) is 13.1. The molecule has 134 valence electrons. The maximum absolute atomic E-state index is 12.4. The number of amides is 3. The van der Waals surface area contributed by atoms with Gasteiger partial charge in [0.25, 0.3) is 11.8 Å². The summed E-state index contributed by atoms with van der Waals surface area (Å²) in [5.41, 5.74) is 1.24. The molecule has 3 amide bonds. The topological polar surface area (TPSA) is 97.2 Å². The number of carbonyl (C=O) groups excluding carboxylic acids is 3. The van der Waals surface area contributed by atoms with E-state index in [2.05, 4.69) is 15.4 Å². The number of hydrogen-bond donors (Lipinski definition) is 1. The van der Waals surface area contributed by atoms with Crippen molar-refractivity contribution in [1.29, 1.82) is 0 Å². The van der Waals surface area contributed by atoms with Crippen molar-refractivity contribution in [1.82, 2.24) is 19.7 Å². The number of carbonyl (C=O) groups is 3. The van der Waals surface area contributed by atoms with Gasteiger partial charge in [-0.15, -0.1) is 0 Å². The number of nitrogens with one attached hydrogen (secondary N) is 1. The van der Waals surface area contributed by atoms with Crippen LogP contribution in [0.25, 0.3) is 5.82 Å². The highest BCUT2D eigenvalue weighted by atomic mass is 16.2. The van der Waals surface area contributed by atoms with Gasteiger partial charge >= 0.3 is 0 Å². The van der Waals surface area contributed by atoms with Gasteiger partial charge in [0.05, 0.1) is 16.8 Å². The van der Waals surface area contributed by atoms with Crippen molar-refractivity contribution in [2.75, 3.05) is 11.9 Å². The average Bonchev–Trinajstić information content (AvgIpc) is 3.29. The number of anilines is 1. The molecular formula is C19H15N5O3. The standard InChI is InChI=1S/C19H15N5O3/c25-16(22-15-7-3-9-20-17(15)24-11-4-10-21-24)8-12-23-18(26)13-5-1-2-6-14(13)19(23)27/h1-7,9-11H,8,12H2,(H,22,25). The molecule has 0 aliphatic carbocycles. The maximum Gasteiger partial charge on any atom is 0.261 e. The fourth-order valence-corrected chi connectivity index (χ4v) is 2.94. The summed E-state index contributed by atoms with van der Waals surface area (Å²) < 4.78 is 1.54. The minimum atomic E-state index is -0.373. The first-order valence-corrected chi connectivity index (χ1v) is 8.35. The third kappa shape index (κ3) is 3.08. The molecule has 1 aliphatic rings. The monoisotopic (exact) mass is 361 g/mol. The molecular weight excluding hydrogens is 346 g/mol. The fourth-order valence-electron chi connectivity index (χ4n) is 2.94. The quantitative estimate of drug-likeness (QED) is 0.700. The van der Waals surface area contributed by atoms with Gasteiger partial charge in [-0.05, 0) is 30.3 Å². The van der Waals surface area contributed by atoms with E-state index >= 15 is 0 Å². The third-order valence-electron chi connectivity index (χ3n) is 4.22. The Hall–Kier alpha value is -3.81. The first kappa shape index (κ1) is 16.6. The van der Waals surface area contributed by atoms with Crippen LogP contribution in [-0.4, -0.2) is 43.9 Å². The van der Waals surface area contributed by atoms with E-state index in [-0.39, 0.29) is 30.7 Å². The molecule has 0 atom stereocenters. The molecule has 8 heteroatoms. The Morgan fingerprint density at radius 3 is 2.37 bits per heavy atom. The Bertz CT molecular complexity index is 994. The van der Waals surface area contributed by atoms with Crippen LogP contribution in [0.5, 0.6) is 0 Å². The Morgan fingerprint density at radius 2 is 1.70 bits per heavy atom. The van der Waals surface area contributed by atoms with Gasteiger partial charge in [-0.2, -0.15) is 5.10 Å². The van der Waals surface area contributed by atoms with E-state index in [0.717, 1.165) is 4.90 Å². The number of benzene rings is 1. The molecule has 3 heterocycles. The summed E-state index contributed by atoms with van der Waals surface area (Å²) in [4.78, 5) is 42.4. The van der Waals surface area contributed by atoms with E-state index in [1.165, 1.54) is 0 Å². The summed E-state index contributed by atoms with van der Waals surface area (Å²) >= 11 is 0. The SMILES string of the molecule is O=C(CCN1C(=O)c2ccccc2C1=O)Nc1cccnc1-n1cccn1. The second-order valence-electron chi connectivity index (χ2n) is 5.93. The molecule has 0 saturated heterocycles. The van der Waals surface area contributed by atoms with E-state index in [9.17, 15) is 14.4 Å².